The minimum atomic E-state index is 0. The van der Waals surface area contributed by atoms with Crippen LogP contribution in [-0.2, 0) is 0 Å². The van der Waals surface area contributed by atoms with Crippen LogP contribution < -0.4 is 10.2 Å². The van der Waals surface area contributed by atoms with E-state index in [2.05, 4.69) is 76.0 Å². The number of nitrogens with one attached hydrogen (secondary N) is 1. The summed E-state index contributed by atoms with van der Waals surface area (Å²) in [6.45, 7) is 18.5. The van der Waals surface area contributed by atoms with E-state index < -0.39 is 0 Å². The largest absolute Gasteiger partial charge is 0.368 e. The van der Waals surface area contributed by atoms with E-state index in [9.17, 15) is 0 Å². The smallest absolute Gasteiger partial charge is 0.194 e. The van der Waals surface area contributed by atoms with Gasteiger partial charge in [-0.15, -0.1) is 24.0 Å². The van der Waals surface area contributed by atoms with Crippen molar-refractivity contribution in [2.45, 2.75) is 26.8 Å². The molecule has 0 aromatic heterocycles. The van der Waals surface area contributed by atoms with Gasteiger partial charge in [-0.25, -0.2) is 0 Å². The van der Waals surface area contributed by atoms with Gasteiger partial charge in [0.2, 0.25) is 0 Å². The lowest BCUT2D eigenvalue weighted by Crippen LogP contribution is -2.53. The molecule has 0 bridgehead atoms. The Kier molecular flexibility index (Phi) is 10.5. The number of halogens is 1. The number of piperazine rings is 2. The minimum absolute atomic E-state index is 0. The molecule has 1 N–H and O–H groups in total. The zero-order valence-electron chi connectivity index (χ0n) is 18.4. The monoisotopic (exact) mass is 514 g/mol. The van der Waals surface area contributed by atoms with Gasteiger partial charge in [-0.1, -0.05) is 25.1 Å². The van der Waals surface area contributed by atoms with E-state index in [1.807, 2.05) is 0 Å². The molecule has 3 rings (SSSR count). The first kappa shape index (κ1) is 24.2. The second-order valence-electron chi connectivity index (χ2n) is 7.82. The van der Waals surface area contributed by atoms with E-state index in [1.54, 1.807) is 0 Å². The van der Waals surface area contributed by atoms with Crippen molar-refractivity contribution in [2.75, 3.05) is 76.9 Å². The highest BCUT2D eigenvalue weighted by Crippen LogP contribution is 2.15. The fourth-order valence-corrected chi connectivity index (χ4v) is 4.10. The van der Waals surface area contributed by atoms with Crippen LogP contribution in [0.25, 0.3) is 0 Å². The molecule has 2 fully saturated rings. The number of benzene rings is 1. The maximum absolute atomic E-state index is 5.01. The van der Waals surface area contributed by atoms with E-state index >= 15 is 0 Å². The standard InChI is InChI=1S/C22H38N6.HI/c1-4-23-22(24-19-20(3)26-13-11-25(5-2)12-14-26)28-17-15-27(16-18-28)21-9-7-6-8-10-21;/h6-10,20H,4-5,11-19H2,1-3H3,(H,23,24);1H. The zero-order chi connectivity index (χ0) is 19.8. The molecule has 6 nitrogen and oxygen atoms in total. The molecule has 2 aliphatic heterocycles. The molecule has 29 heavy (non-hydrogen) atoms. The molecular weight excluding hydrogens is 475 g/mol. The van der Waals surface area contributed by atoms with Crippen molar-refractivity contribution in [3.63, 3.8) is 0 Å². The summed E-state index contributed by atoms with van der Waals surface area (Å²) in [5, 5.41) is 3.51. The number of anilines is 1. The topological polar surface area (TPSA) is 37.4 Å². The molecule has 7 heteroatoms. The number of hydrogen-bond donors (Lipinski definition) is 1. The van der Waals surface area contributed by atoms with Crippen LogP contribution in [0.3, 0.4) is 0 Å². The molecule has 164 valence electrons. The number of aliphatic imine (C=N–C) groups is 1. The quantitative estimate of drug-likeness (QED) is 0.359. The Balaban J connectivity index is 0.00000300. The molecule has 1 aromatic carbocycles. The third kappa shape index (κ3) is 7.00. The zero-order valence-corrected chi connectivity index (χ0v) is 20.7. The Hall–Kier alpha value is -1.06. The Morgan fingerprint density at radius 3 is 2.21 bits per heavy atom. The summed E-state index contributed by atoms with van der Waals surface area (Å²) in [5.74, 6) is 1.08. The normalized spacial score (nSPS) is 20.3. The average Bonchev–Trinajstić information content (AvgIpc) is 2.77. The van der Waals surface area contributed by atoms with E-state index in [4.69, 9.17) is 4.99 Å². The molecule has 0 spiro atoms. The van der Waals surface area contributed by atoms with Crippen LogP contribution >= 0.6 is 24.0 Å². The first-order valence-electron chi connectivity index (χ1n) is 11.0. The second-order valence-corrected chi connectivity index (χ2v) is 7.82. The van der Waals surface area contributed by atoms with Crippen molar-refractivity contribution in [3.8, 4) is 0 Å². The Labute approximate surface area is 194 Å². The van der Waals surface area contributed by atoms with Gasteiger partial charge in [0.05, 0.1) is 6.54 Å². The van der Waals surface area contributed by atoms with Crippen molar-refractivity contribution >= 4 is 35.6 Å². The SMILES string of the molecule is CCNC(=NCC(C)N1CCN(CC)CC1)N1CCN(c2ccccc2)CC1.I. The summed E-state index contributed by atoms with van der Waals surface area (Å²) < 4.78 is 0. The van der Waals surface area contributed by atoms with Crippen LogP contribution in [0.2, 0.25) is 0 Å². The lowest BCUT2D eigenvalue weighted by Gasteiger charge is -2.39. The molecule has 2 saturated heterocycles. The summed E-state index contributed by atoms with van der Waals surface area (Å²) in [5.41, 5.74) is 1.32. The van der Waals surface area contributed by atoms with Gasteiger partial charge >= 0.3 is 0 Å². The highest BCUT2D eigenvalue weighted by Gasteiger charge is 2.22. The number of likely N-dealkylation sites (N-methyl/N-ethyl adjacent to an activating group) is 1. The van der Waals surface area contributed by atoms with Crippen LogP contribution in [0, 0.1) is 0 Å². The van der Waals surface area contributed by atoms with Crippen molar-refractivity contribution in [1.29, 1.82) is 0 Å². The molecule has 0 radical (unpaired) electrons. The van der Waals surface area contributed by atoms with Crippen LogP contribution in [0.15, 0.2) is 35.3 Å². The van der Waals surface area contributed by atoms with E-state index in [0.29, 0.717) is 6.04 Å². The van der Waals surface area contributed by atoms with Gasteiger partial charge in [0.15, 0.2) is 5.96 Å². The minimum Gasteiger partial charge on any atom is -0.368 e. The molecule has 2 heterocycles. The van der Waals surface area contributed by atoms with E-state index in [1.165, 1.54) is 25.3 Å². The van der Waals surface area contributed by atoms with Crippen LogP contribution in [0.5, 0.6) is 0 Å². The van der Waals surface area contributed by atoms with Crippen LogP contribution in [0.1, 0.15) is 20.8 Å². The number of guanidine groups is 1. The Bertz CT molecular complexity index is 595. The lowest BCUT2D eigenvalue weighted by molar-refractivity contribution is 0.109. The first-order chi connectivity index (χ1) is 13.7. The fourth-order valence-electron chi connectivity index (χ4n) is 4.10. The summed E-state index contributed by atoms with van der Waals surface area (Å²) in [7, 11) is 0. The van der Waals surface area contributed by atoms with Crippen LogP contribution in [-0.4, -0.2) is 98.7 Å². The van der Waals surface area contributed by atoms with Gasteiger partial charge in [0.1, 0.15) is 0 Å². The summed E-state index contributed by atoms with van der Waals surface area (Å²) in [4.78, 5) is 15.0. The summed E-state index contributed by atoms with van der Waals surface area (Å²) in [6, 6.07) is 11.2. The number of rotatable bonds is 6. The number of para-hydroxylation sites is 1. The summed E-state index contributed by atoms with van der Waals surface area (Å²) >= 11 is 0. The molecular formula is C22H39IN6. The molecule has 0 saturated carbocycles. The van der Waals surface area contributed by atoms with Crippen molar-refractivity contribution in [2.24, 2.45) is 4.99 Å². The maximum Gasteiger partial charge on any atom is 0.194 e. The second kappa shape index (κ2) is 12.6. The fraction of sp³-hybridized carbons (Fsp3) is 0.682. The summed E-state index contributed by atoms with van der Waals surface area (Å²) in [6.07, 6.45) is 0. The predicted molar refractivity (Wildman–Crippen MR) is 135 cm³/mol. The van der Waals surface area contributed by atoms with Gasteiger partial charge in [0, 0.05) is 70.6 Å². The number of nitrogens with zero attached hydrogens (tertiary/aromatic N) is 5. The molecule has 2 aliphatic rings. The molecule has 1 atom stereocenters. The highest BCUT2D eigenvalue weighted by molar-refractivity contribution is 14.0. The van der Waals surface area contributed by atoms with Gasteiger partial charge in [0.25, 0.3) is 0 Å². The average molecular weight is 515 g/mol. The van der Waals surface area contributed by atoms with Crippen molar-refractivity contribution in [1.82, 2.24) is 20.0 Å². The van der Waals surface area contributed by atoms with Gasteiger partial charge in [-0.3, -0.25) is 9.89 Å². The number of hydrogen-bond acceptors (Lipinski definition) is 4. The highest BCUT2D eigenvalue weighted by atomic mass is 127. The molecule has 0 aliphatic carbocycles. The van der Waals surface area contributed by atoms with E-state index in [-0.39, 0.29) is 24.0 Å². The van der Waals surface area contributed by atoms with Gasteiger partial charge < -0.3 is 20.0 Å². The maximum atomic E-state index is 5.01. The lowest BCUT2D eigenvalue weighted by atomic mass is 10.2. The predicted octanol–water partition coefficient (Wildman–Crippen LogP) is 2.42. The third-order valence-corrected chi connectivity index (χ3v) is 6.02. The third-order valence-electron chi connectivity index (χ3n) is 6.02. The van der Waals surface area contributed by atoms with E-state index in [0.717, 1.165) is 58.3 Å². The molecule has 0 amide bonds. The van der Waals surface area contributed by atoms with Crippen LogP contribution in [0.4, 0.5) is 5.69 Å². The first-order valence-corrected chi connectivity index (χ1v) is 11.0. The Morgan fingerprint density at radius 1 is 0.966 bits per heavy atom. The van der Waals surface area contributed by atoms with Gasteiger partial charge in [-0.2, -0.15) is 0 Å². The molecule has 1 aromatic rings. The van der Waals surface area contributed by atoms with Crippen molar-refractivity contribution < 1.29 is 0 Å². The Morgan fingerprint density at radius 2 is 1.62 bits per heavy atom. The molecule has 1 unspecified atom stereocenters. The van der Waals surface area contributed by atoms with Crippen molar-refractivity contribution in [3.05, 3.63) is 30.3 Å². The van der Waals surface area contributed by atoms with Gasteiger partial charge in [-0.05, 0) is 32.5 Å².